The summed E-state index contributed by atoms with van der Waals surface area (Å²) in [5, 5.41) is 12.5. The van der Waals surface area contributed by atoms with Crippen molar-refractivity contribution in [2.45, 2.75) is 6.92 Å². The van der Waals surface area contributed by atoms with E-state index >= 15 is 0 Å². The maximum absolute atomic E-state index is 13.5. The van der Waals surface area contributed by atoms with E-state index < -0.39 is 5.82 Å². The molecule has 0 atom stereocenters. The standard InChI is InChI=1S/C17H16FN3O/c1-12-10-21(14-7-8-16(22)15(18)9-14)11-19-17(12)20-13-5-3-2-4-6-13/h2-10,22H,11H2,1H3,(H,19,20). The van der Waals surface area contributed by atoms with Crippen molar-refractivity contribution in [3.63, 3.8) is 0 Å². The summed E-state index contributed by atoms with van der Waals surface area (Å²) in [5.41, 5.74) is 2.57. The molecule has 0 saturated heterocycles. The number of benzene rings is 2. The molecule has 0 bridgehead atoms. The molecule has 0 aromatic heterocycles. The molecule has 1 aliphatic rings. The fourth-order valence-electron chi connectivity index (χ4n) is 2.23. The largest absolute Gasteiger partial charge is 0.505 e. The molecule has 2 aromatic rings. The molecule has 0 radical (unpaired) electrons. The van der Waals surface area contributed by atoms with Crippen molar-refractivity contribution in [3.05, 3.63) is 66.1 Å². The van der Waals surface area contributed by atoms with Crippen LogP contribution in [0.3, 0.4) is 0 Å². The van der Waals surface area contributed by atoms with Gasteiger partial charge < -0.3 is 15.3 Å². The smallest absolute Gasteiger partial charge is 0.166 e. The third-order valence-electron chi connectivity index (χ3n) is 3.40. The molecule has 2 N–H and O–H groups in total. The van der Waals surface area contributed by atoms with Crippen LogP contribution in [0, 0.1) is 5.82 Å². The summed E-state index contributed by atoms with van der Waals surface area (Å²) < 4.78 is 13.5. The minimum atomic E-state index is -0.638. The zero-order valence-corrected chi connectivity index (χ0v) is 12.1. The second-order valence-corrected chi connectivity index (χ2v) is 5.06. The number of aliphatic imine (C=N–C) groups is 1. The van der Waals surface area contributed by atoms with Gasteiger partial charge in [0, 0.05) is 29.2 Å². The van der Waals surface area contributed by atoms with Crippen molar-refractivity contribution < 1.29 is 9.50 Å². The van der Waals surface area contributed by atoms with Crippen LogP contribution in [0.4, 0.5) is 15.8 Å². The first kappa shape index (κ1) is 14.1. The number of para-hydroxylation sites is 1. The van der Waals surface area contributed by atoms with Crippen molar-refractivity contribution in [1.29, 1.82) is 0 Å². The fraction of sp³-hybridized carbons (Fsp3) is 0.118. The second-order valence-electron chi connectivity index (χ2n) is 5.06. The number of hydrogen-bond donors (Lipinski definition) is 2. The van der Waals surface area contributed by atoms with Gasteiger partial charge in [0.2, 0.25) is 0 Å². The lowest BCUT2D eigenvalue weighted by atomic mass is 10.2. The third-order valence-corrected chi connectivity index (χ3v) is 3.40. The van der Waals surface area contributed by atoms with Crippen LogP contribution in [0.25, 0.3) is 0 Å². The Kier molecular flexibility index (Phi) is 3.78. The number of hydrogen-bond acceptors (Lipinski definition) is 4. The molecule has 0 spiro atoms. The zero-order valence-electron chi connectivity index (χ0n) is 12.1. The quantitative estimate of drug-likeness (QED) is 0.888. The first-order valence-electron chi connectivity index (χ1n) is 6.94. The predicted molar refractivity (Wildman–Crippen MR) is 86.7 cm³/mol. The van der Waals surface area contributed by atoms with Crippen molar-refractivity contribution >= 4 is 17.2 Å². The summed E-state index contributed by atoms with van der Waals surface area (Å²) in [4.78, 5) is 6.32. The highest BCUT2D eigenvalue weighted by Crippen LogP contribution is 2.25. The average molecular weight is 297 g/mol. The first-order chi connectivity index (χ1) is 10.6. The van der Waals surface area contributed by atoms with Crippen LogP contribution in [0.5, 0.6) is 5.75 Å². The second kappa shape index (κ2) is 5.89. The number of aromatic hydroxyl groups is 1. The van der Waals surface area contributed by atoms with Gasteiger partial charge in [-0.1, -0.05) is 18.2 Å². The average Bonchev–Trinajstić information content (AvgIpc) is 2.53. The lowest BCUT2D eigenvalue weighted by Gasteiger charge is -2.25. The van der Waals surface area contributed by atoms with Crippen molar-refractivity contribution in [1.82, 2.24) is 0 Å². The first-order valence-corrected chi connectivity index (χ1v) is 6.94. The van der Waals surface area contributed by atoms with Gasteiger partial charge in [-0.2, -0.15) is 0 Å². The Hall–Kier alpha value is -2.82. The van der Waals surface area contributed by atoms with Crippen molar-refractivity contribution in [2.24, 2.45) is 4.99 Å². The Morgan fingerprint density at radius 1 is 1.18 bits per heavy atom. The van der Waals surface area contributed by atoms with E-state index in [0.29, 0.717) is 12.4 Å². The number of amidine groups is 1. The normalized spacial score (nSPS) is 14.4. The highest BCUT2D eigenvalue weighted by atomic mass is 19.1. The molecule has 0 amide bonds. The third kappa shape index (κ3) is 2.93. The molecule has 4 nitrogen and oxygen atoms in total. The maximum atomic E-state index is 13.5. The molecular weight excluding hydrogens is 281 g/mol. The maximum Gasteiger partial charge on any atom is 0.166 e. The molecule has 0 saturated carbocycles. The summed E-state index contributed by atoms with van der Waals surface area (Å²) in [6, 6.07) is 14.1. The van der Waals surface area contributed by atoms with Gasteiger partial charge in [0.25, 0.3) is 0 Å². The highest BCUT2D eigenvalue weighted by molar-refractivity contribution is 6.08. The molecule has 2 aromatic carbocycles. The molecule has 0 unspecified atom stereocenters. The van der Waals surface area contributed by atoms with Crippen LogP contribution in [0.15, 0.2) is 65.3 Å². The van der Waals surface area contributed by atoms with Crippen molar-refractivity contribution in [3.8, 4) is 5.75 Å². The fourth-order valence-corrected chi connectivity index (χ4v) is 2.23. The molecule has 0 aliphatic carbocycles. The van der Waals surface area contributed by atoms with E-state index in [0.717, 1.165) is 17.1 Å². The predicted octanol–water partition coefficient (Wildman–Crippen LogP) is 3.72. The number of halogens is 1. The Bertz CT molecular complexity index is 741. The molecule has 0 fully saturated rings. The van der Waals surface area contributed by atoms with Crippen LogP contribution in [-0.2, 0) is 0 Å². The van der Waals surface area contributed by atoms with Gasteiger partial charge in [-0.05, 0) is 31.2 Å². The summed E-state index contributed by atoms with van der Waals surface area (Å²) >= 11 is 0. The monoisotopic (exact) mass is 297 g/mol. The van der Waals surface area contributed by atoms with Gasteiger partial charge in [0.1, 0.15) is 12.5 Å². The Morgan fingerprint density at radius 3 is 2.64 bits per heavy atom. The minimum absolute atomic E-state index is 0.351. The summed E-state index contributed by atoms with van der Waals surface area (Å²) in [5.74, 6) is -0.196. The number of nitrogens with one attached hydrogen (secondary N) is 1. The van der Waals surface area contributed by atoms with Gasteiger partial charge in [0.15, 0.2) is 11.6 Å². The zero-order chi connectivity index (χ0) is 15.5. The van der Waals surface area contributed by atoms with Crippen molar-refractivity contribution in [2.75, 3.05) is 16.9 Å². The van der Waals surface area contributed by atoms with Gasteiger partial charge >= 0.3 is 0 Å². The van der Waals surface area contributed by atoms with Gasteiger partial charge in [-0.15, -0.1) is 0 Å². The van der Waals surface area contributed by atoms with Crippen LogP contribution < -0.4 is 10.2 Å². The number of phenolic OH excluding ortho intramolecular Hbond substituents is 1. The SMILES string of the molecule is CC1=CN(c2ccc(O)c(F)c2)CN=C1Nc1ccccc1. The van der Waals surface area contributed by atoms with Crippen LogP contribution in [0.2, 0.25) is 0 Å². The molecule has 112 valence electrons. The molecule has 1 heterocycles. The Labute approximate surface area is 128 Å². The van der Waals surface area contributed by atoms with Crippen LogP contribution >= 0.6 is 0 Å². The van der Waals surface area contributed by atoms with Gasteiger partial charge in [0.05, 0.1) is 0 Å². The van der Waals surface area contributed by atoms with Crippen LogP contribution in [0.1, 0.15) is 6.92 Å². The molecular formula is C17H16FN3O. The lowest BCUT2D eigenvalue weighted by molar-refractivity contribution is 0.432. The van der Waals surface area contributed by atoms with Gasteiger partial charge in [-0.3, -0.25) is 0 Å². The number of anilines is 2. The lowest BCUT2D eigenvalue weighted by Crippen LogP contribution is -2.27. The van der Waals surface area contributed by atoms with E-state index in [9.17, 15) is 9.50 Å². The summed E-state index contributed by atoms with van der Waals surface area (Å²) in [6.07, 6.45) is 1.91. The van der Waals surface area contributed by atoms with E-state index in [2.05, 4.69) is 10.3 Å². The van der Waals surface area contributed by atoms with E-state index in [1.165, 1.54) is 12.1 Å². The number of phenols is 1. The summed E-state index contributed by atoms with van der Waals surface area (Å²) in [7, 11) is 0. The number of nitrogens with zero attached hydrogens (tertiary/aromatic N) is 2. The molecule has 1 aliphatic heterocycles. The topological polar surface area (TPSA) is 47.9 Å². The van der Waals surface area contributed by atoms with E-state index in [4.69, 9.17) is 0 Å². The number of rotatable bonds is 2. The molecule has 3 rings (SSSR count). The Morgan fingerprint density at radius 2 is 1.95 bits per heavy atom. The van der Waals surface area contributed by atoms with E-state index in [1.807, 2.05) is 48.4 Å². The van der Waals surface area contributed by atoms with Gasteiger partial charge in [-0.25, -0.2) is 9.38 Å². The summed E-state index contributed by atoms with van der Waals surface area (Å²) in [6.45, 7) is 2.33. The highest BCUT2D eigenvalue weighted by Gasteiger charge is 2.14. The molecule has 5 heteroatoms. The van der Waals surface area contributed by atoms with E-state index in [-0.39, 0.29) is 5.75 Å². The van der Waals surface area contributed by atoms with Crippen LogP contribution in [-0.4, -0.2) is 17.6 Å². The van der Waals surface area contributed by atoms with E-state index in [1.54, 1.807) is 6.07 Å². The Balaban J connectivity index is 1.77. The minimum Gasteiger partial charge on any atom is -0.505 e. The molecule has 22 heavy (non-hydrogen) atoms.